The summed E-state index contributed by atoms with van der Waals surface area (Å²) in [7, 11) is 0. The molecule has 1 aromatic rings. The zero-order chi connectivity index (χ0) is 13.3. The van der Waals surface area contributed by atoms with Crippen molar-refractivity contribution in [2.75, 3.05) is 24.5 Å². The summed E-state index contributed by atoms with van der Waals surface area (Å²) < 4.78 is 28.0. The molecule has 1 aliphatic rings. The van der Waals surface area contributed by atoms with Crippen molar-refractivity contribution in [1.82, 2.24) is 5.32 Å². The molecule has 0 bridgehead atoms. The van der Waals surface area contributed by atoms with E-state index in [1.54, 1.807) is 6.92 Å². The third-order valence-corrected chi connectivity index (χ3v) is 3.37. The molecular formula is C14H20F2N2. The second-order valence-corrected chi connectivity index (χ2v) is 5.61. The summed E-state index contributed by atoms with van der Waals surface area (Å²) in [6.45, 7) is 7.92. The van der Waals surface area contributed by atoms with Crippen LogP contribution in [0.3, 0.4) is 0 Å². The van der Waals surface area contributed by atoms with Gasteiger partial charge in [-0.3, -0.25) is 0 Å². The maximum atomic E-state index is 14.1. The summed E-state index contributed by atoms with van der Waals surface area (Å²) in [6.07, 6.45) is 0.885. The van der Waals surface area contributed by atoms with Gasteiger partial charge in [-0.25, -0.2) is 8.78 Å². The Labute approximate surface area is 107 Å². The Morgan fingerprint density at radius 1 is 1.28 bits per heavy atom. The van der Waals surface area contributed by atoms with E-state index in [0.29, 0.717) is 18.7 Å². The molecular weight excluding hydrogens is 234 g/mol. The summed E-state index contributed by atoms with van der Waals surface area (Å²) in [4.78, 5) is 1.82. The highest BCUT2D eigenvalue weighted by atomic mass is 19.1. The molecule has 0 saturated carbocycles. The number of halogens is 2. The maximum absolute atomic E-state index is 14.1. The molecule has 0 spiro atoms. The van der Waals surface area contributed by atoms with Crippen molar-refractivity contribution in [2.45, 2.75) is 32.7 Å². The molecule has 0 aliphatic carbocycles. The molecule has 0 unspecified atom stereocenters. The van der Waals surface area contributed by atoms with Crippen LogP contribution in [0.1, 0.15) is 25.8 Å². The smallest absolute Gasteiger partial charge is 0.152 e. The van der Waals surface area contributed by atoms with E-state index in [1.165, 1.54) is 12.1 Å². The summed E-state index contributed by atoms with van der Waals surface area (Å²) in [5.41, 5.74) is 0.465. The van der Waals surface area contributed by atoms with E-state index in [1.807, 2.05) is 4.90 Å². The Hall–Kier alpha value is -1.16. The van der Waals surface area contributed by atoms with Crippen LogP contribution in [-0.4, -0.2) is 25.2 Å². The first kappa shape index (κ1) is 13.3. The van der Waals surface area contributed by atoms with E-state index in [-0.39, 0.29) is 11.2 Å². The molecule has 1 heterocycles. The van der Waals surface area contributed by atoms with Gasteiger partial charge in [-0.05, 0) is 45.4 Å². The number of anilines is 1. The third kappa shape index (κ3) is 2.64. The van der Waals surface area contributed by atoms with Gasteiger partial charge in [0.05, 0.1) is 0 Å². The average Bonchev–Trinajstić information content (AvgIpc) is 2.45. The molecule has 0 radical (unpaired) electrons. The first-order valence-electron chi connectivity index (χ1n) is 6.35. The van der Waals surface area contributed by atoms with Crippen LogP contribution < -0.4 is 10.2 Å². The quantitative estimate of drug-likeness (QED) is 0.829. The largest absolute Gasteiger partial charge is 0.365 e. The molecule has 0 amide bonds. The Kier molecular flexibility index (Phi) is 3.57. The van der Waals surface area contributed by atoms with Crippen molar-refractivity contribution in [3.63, 3.8) is 0 Å². The fourth-order valence-corrected chi connectivity index (χ4v) is 2.43. The van der Waals surface area contributed by atoms with E-state index in [9.17, 15) is 8.78 Å². The molecule has 1 saturated heterocycles. The lowest BCUT2D eigenvalue weighted by atomic mass is 10.0. The Bertz CT molecular complexity index is 444. The standard InChI is InChI=1S/C14H20F2N2/c1-10-5-6-11(15)13(12(10)16)18-8-4-7-17-14(2,3)9-18/h5-6,17H,4,7-9H2,1-3H3. The number of rotatable bonds is 1. The highest BCUT2D eigenvalue weighted by Crippen LogP contribution is 2.28. The van der Waals surface area contributed by atoms with Gasteiger partial charge in [0.15, 0.2) is 5.82 Å². The molecule has 1 fully saturated rings. The molecule has 0 atom stereocenters. The molecule has 4 heteroatoms. The number of hydrogen-bond acceptors (Lipinski definition) is 2. The van der Waals surface area contributed by atoms with Crippen LogP contribution in [0.4, 0.5) is 14.5 Å². The van der Waals surface area contributed by atoms with Gasteiger partial charge in [0.25, 0.3) is 0 Å². The van der Waals surface area contributed by atoms with Crippen LogP contribution in [0.25, 0.3) is 0 Å². The van der Waals surface area contributed by atoms with Gasteiger partial charge in [0.2, 0.25) is 0 Å². The Morgan fingerprint density at radius 2 is 2.00 bits per heavy atom. The van der Waals surface area contributed by atoms with Gasteiger partial charge in [-0.1, -0.05) is 6.07 Å². The van der Waals surface area contributed by atoms with Crippen molar-refractivity contribution in [1.29, 1.82) is 0 Å². The molecule has 2 nitrogen and oxygen atoms in total. The SMILES string of the molecule is Cc1ccc(F)c(N2CCCNC(C)(C)C2)c1F. The second kappa shape index (κ2) is 4.84. The van der Waals surface area contributed by atoms with Crippen molar-refractivity contribution >= 4 is 5.69 Å². The molecule has 1 aromatic carbocycles. The Balaban J connectivity index is 2.38. The monoisotopic (exact) mass is 254 g/mol. The summed E-state index contributed by atoms with van der Waals surface area (Å²) in [6, 6.07) is 2.83. The highest BCUT2D eigenvalue weighted by molar-refractivity contribution is 5.52. The Morgan fingerprint density at radius 3 is 2.72 bits per heavy atom. The lowest BCUT2D eigenvalue weighted by molar-refractivity contribution is 0.413. The fourth-order valence-electron chi connectivity index (χ4n) is 2.43. The maximum Gasteiger partial charge on any atom is 0.152 e. The van der Waals surface area contributed by atoms with Gasteiger partial charge >= 0.3 is 0 Å². The first-order chi connectivity index (χ1) is 8.41. The number of hydrogen-bond donors (Lipinski definition) is 1. The average molecular weight is 254 g/mol. The van der Waals surface area contributed by atoms with Gasteiger partial charge in [0.1, 0.15) is 11.5 Å². The third-order valence-electron chi connectivity index (χ3n) is 3.37. The van der Waals surface area contributed by atoms with Gasteiger partial charge in [-0.15, -0.1) is 0 Å². The topological polar surface area (TPSA) is 15.3 Å². The molecule has 2 rings (SSSR count). The predicted octanol–water partition coefficient (Wildman–Crippen LogP) is 2.85. The van der Waals surface area contributed by atoms with Crippen molar-refractivity contribution in [3.05, 3.63) is 29.3 Å². The van der Waals surface area contributed by atoms with Crippen LogP contribution >= 0.6 is 0 Å². The van der Waals surface area contributed by atoms with E-state index < -0.39 is 11.6 Å². The molecule has 1 N–H and O–H groups in total. The summed E-state index contributed by atoms with van der Waals surface area (Å²) in [5, 5.41) is 3.39. The minimum Gasteiger partial charge on any atom is -0.365 e. The van der Waals surface area contributed by atoms with Crippen molar-refractivity contribution in [2.24, 2.45) is 0 Å². The first-order valence-corrected chi connectivity index (χ1v) is 6.35. The van der Waals surface area contributed by atoms with Gasteiger partial charge in [-0.2, -0.15) is 0 Å². The normalized spacial score (nSPS) is 19.7. The highest BCUT2D eigenvalue weighted by Gasteiger charge is 2.27. The molecule has 0 aromatic heterocycles. The zero-order valence-electron chi connectivity index (χ0n) is 11.2. The fraction of sp³-hybridized carbons (Fsp3) is 0.571. The summed E-state index contributed by atoms with van der Waals surface area (Å²) >= 11 is 0. The van der Waals surface area contributed by atoms with Gasteiger partial charge < -0.3 is 10.2 Å². The van der Waals surface area contributed by atoms with E-state index >= 15 is 0 Å². The van der Waals surface area contributed by atoms with E-state index in [0.717, 1.165) is 13.0 Å². The van der Waals surface area contributed by atoms with Crippen LogP contribution in [0.2, 0.25) is 0 Å². The molecule has 100 valence electrons. The molecule has 1 aliphatic heterocycles. The minimum atomic E-state index is -0.476. The predicted molar refractivity (Wildman–Crippen MR) is 70.0 cm³/mol. The van der Waals surface area contributed by atoms with Gasteiger partial charge in [0, 0.05) is 18.6 Å². The number of nitrogens with zero attached hydrogens (tertiary/aromatic N) is 1. The van der Waals surface area contributed by atoms with Crippen LogP contribution in [0.15, 0.2) is 12.1 Å². The number of aryl methyl sites for hydroxylation is 1. The van der Waals surface area contributed by atoms with Crippen LogP contribution in [0, 0.1) is 18.6 Å². The lowest BCUT2D eigenvalue weighted by Gasteiger charge is -2.32. The molecule has 18 heavy (non-hydrogen) atoms. The summed E-state index contributed by atoms with van der Waals surface area (Å²) in [5.74, 6) is -0.913. The van der Waals surface area contributed by atoms with Crippen LogP contribution in [0.5, 0.6) is 0 Å². The number of nitrogens with one attached hydrogen (secondary N) is 1. The minimum absolute atomic E-state index is 0.117. The van der Waals surface area contributed by atoms with E-state index in [2.05, 4.69) is 19.2 Å². The lowest BCUT2D eigenvalue weighted by Crippen LogP contribution is -2.46. The van der Waals surface area contributed by atoms with E-state index in [4.69, 9.17) is 0 Å². The zero-order valence-corrected chi connectivity index (χ0v) is 11.2. The van der Waals surface area contributed by atoms with Crippen molar-refractivity contribution < 1.29 is 8.78 Å². The second-order valence-electron chi connectivity index (χ2n) is 5.61. The van der Waals surface area contributed by atoms with Crippen LogP contribution in [-0.2, 0) is 0 Å². The van der Waals surface area contributed by atoms with Crippen molar-refractivity contribution in [3.8, 4) is 0 Å². The number of benzene rings is 1.